The topological polar surface area (TPSA) is 58.1 Å². The molecule has 1 aromatic rings. The minimum Gasteiger partial charge on any atom is -0.491 e. The Bertz CT molecular complexity index is 580. The third kappa shape index (κ3) is 11.1. The van der Waals surface area contributed by atoms with Crippen molar-refractivity contribution in [2.75, 3.05) is 40.8 Å². The van der Waals surface area contributed by atoms with E-state index in [-0.39, 0.29) is 36.2 Å². The lowest BCUT2D eigenvalue weighted by molar-refractivity contribution is 0.0548. The van der Waals surface area contributed by atoms with Crippen molar-refractivity contribution in [1.82, 2.24) is 15.5 Å². The van der Waals surface area contributed by atoms with Crippen molar-refractivity contribution in [1.29, 1.82) is 0 Å². The van der Waals surface area contributed by atoms with Crippen LogP contribution in [0.2, 0.25) is 0 Å². The minimum absolute atomic E-state index is 0. The number of nitrogens with zero attached hydrogens (tertiary/aromatic N) is 2. The second-order valence-corrected chi connectivity index (χ2v) is 7.25. The van der Waals surface area contributed by atoms with E-state index in [1.54, 1.807) is 7.05 Å². The van der Waals surface area contributed by atoms with Gasteiger partial charge in [-0.05, 0) is 59.8 Å². The maximum atomic E-state index is 5.95. The van der Waals surface area contributed by atoms with Gasteiger partial charge in [0.05, 0.1) is 12.2 Å². The van der Waals surface area contributed by atoms with Crippen LogP contribution in [0.3, 0.4) is 0 Å². The predicted molar refractivity (Wildman–Crippen MR) is 129 cm³/mol. The fourth-order valence-corrected chi connectivity index (χ4v) is 2.66. The lowest BCUT2D eigenvalue weighted by atomic mass is 10.1. The molecule has 0 aromatic heterocycles. The third-order valence-corrected chi connectivity index (χ3v) is 4.05. The largest absolute Gasteiger partial charge is 0.491 e. The number of benzene rings is 1. The van der Waals surface area contributed by atoms with E-state index in [0.29, 0.717) is 13.2 Å². The Hall–Kier alpha value is -1.06. The van der Waals surface area contributed by atoms with Crippen LogP contribution in [0, 0.1) is 6.92 Å². The van der Waals surface area contributed by atoms with Crippen molar-refractivity contribution in [3.05, 3.63) is 29.3 Å². The molecular weight excluding hydrogens is 467 g/mol. The summed E-state index contributed by atoms with van der Waals surface area (Å²) in [4.78, 5) is 6.50. The van der Waals surface area contributed by atoms with Gasteiger partial charge in [-0.15, -0.1) is 24.0 Å². The Kier molecular flexibility index (Phi) is 14.3. The highest BCUT2D eigenvalue weighted by molar-refractivity contribution is 14.0. The monoisotopic (exact) mass is 506 g/mol. The number of nitrogens with one attached hydrogen (secondary N) is 2. The van der Waals surface area contributed by atoms with Crippen LogP contribution in [0.4, 0.5) is 0 Å². The van der Waals surface area contributed by atoms with Gasteiger partial charge in [-0.3, -0.25) is 4.99 Å². The molecule has 0 bridgehead atoms. The predicted octanol–water partition coefficient (Wildman–Crippen LogP) is 3.42. The van der Waals surface area contributed by atoms with Crippen LogP contribution in [0.5, 0.6) is 5.75 Å². The van der Waals surface area contributed by atoms with Gasteiger partial charge in [-0.25, -0.2) is 0 Å². The average molecular weight is 506 g/mol. The van der Waals surface area contributed by atoms with Gasteiger partial charge in [0.2, 0.25) is 0 Å². The van der Waals surface area contributed by atoms with Gasteiger partial charge in [-0.1, -0.05) is 12.1 Å². The highest BCUT2D eigenvalue weighted by atomic mass is 127. The second kappa shape index (κ2) is 14.9. The van der Waals surface area contributed by atoms with Crippen molar-refractivity contribution >= 4 is 29.9 Å². The Morgan fingerprint density at radius 2 is 1.93 bits per heavy atom. The summed E-state index contributed by atoms with van der Waals surface area (Å²) in [6.07, 6.45) is 1.29. The van der Waals surface area contributed by atoms with E-state index in [1.807, 2.05) is 20.8 Å². The molecule has 1 aromatic carbocycles. The maximum absolute atomic E-state index is 5.95. The van der Waals surface area contributed by atoms with Crippen molar-refractivity contribution in [2.45, 2.75) is 52.9 Å². The van der Waals surface area contributed by atoms with Crippen LogP contribution >= 0.6 is 24.0 Å². The zero-order valence-electron chi connectivity index (χ0n) is 18.5. The highest BCUT2D eigenvalue weighted by Crippen LogP contribution is 2.21. The normalized spacial score (nSPS) is 12.7. The molecule has 28 heavy (non-hydrogen) atoms. The van der Waals surface area contributed by atoms with Gasteiger partial charge >= 0.3 is 0 Å². The van der Waals surface area contributed by atoms with E-state index in [2.05, 4.69) is 59.7 Å². The van der Waals surface area contributed by atoms with Gasteiger partial charge in [0.15, 0.2) is 5.96 Å². The number of guanidine groups is 1. The lowest BCUT2D eigenvalue weighted by Gasteiger charge is -2.21. The zero-order chi connectivity index (χ0) is 20.2. The maximum Gasteiger partial charge on any atom is 0.191 e. The molecule has 2 N–H and O–H groups in total. The Morgan fingerprint density at radius 1 is 1.21 bits per heavy atom. The van der Waals surface area contributed by atoms with Crippen LogP contribution < -0.4 is 15.4 Å². The van der Waals surface area contributed by atoms with Crippen molar-refractivity contribution in [2.24, 2.45) is 4.99 Å². The molecule has 0 saturated heterocycles. The molecule has 0 radical (unpaired) electrons. The SMILES string of the molecule is CCOC(CCN(C)C)CNC(=NC)NCc1ccc(C)cc1OC(C)C.I. The number of ether oxygens (including phenoxy) is 2. The molecule has 1 atom stereocenters. The smallest absolute Gasteiger partial charge is 0.191 e. The number of hydrogen-bond donors (Lipinski definition) is 2. The first kappa shape index (κ1) is 26.9. The summed E-state index contributed by atoms with van der Waals surface area (Å²) in [5.41, 5.74) is 2.31. The van der Waals surface area contributed by atoms with Crippen LogP contribution in [-0.2, 0) is 11.3 Å². The van der Waals surface area contributed by atoms with Crippen molar-refractivity contribution in [3.8, 4) is 5.75 Å². The minimum atomic E-state index is 0. The molecule has 0 aliphatic heterocycles. The first-order valence-electron chi connectivity index (χ1n) is 9.82. The second-order valence-electron chi connectivity index (χ2n) is 7.25. The summed E-state index contributed by atoms with van der Waals surface area (Å²) < 4.78 is 11.8. The molecule has 1 unspecified atom stereocenters. The van der Waals surface area contributed by atoms with Gasteiger partial charge in [0, 0.05) is 38.9 Å². The van der Waals surface area contributed by atoms with E-state index < -0.39 is 0 Å². The van der Waals surface area contributed by atoms with E-state index in [1.165, 1.54) is 5.56 Å². The quantitative estimate of drug-likeness (QED) is 0.274. The third-order valence-electron chi connectivity index (χ3n) is 4.05. The molecule has 0 saturated carbocycles. The summed E-state index contributed by atoms with van der Waals surface area (Å²) >= 11 is 0. The summed E-state index contributed by atoms with van der Waals surface area (Å²) in [5, 5.41) is 6.75. The number of aliphatic imine (C=N–C) groups is 1. The number of aryl methyl sites for hydroxylation is 1. The van der Waals surface area contributed by atoms with Gasteiger partial charge in [-0.2, -0.15) is 0 Å². The van der Waals surface area contributed by atoms with E-state index in [0.717, 1.165) is 36.8 Å². The van der Waals surface area contributed by atoms with Crippen molar-refractivity contribution in [3.63, 3.8) is 0 Å². The Labute approximate surface area is 188 Å². The lowest BCUT2D eigenvalue weighted by Crippen LogP contribution is -2.42. The van der Waals surface area contributed by atoms with Gasteiger partial charge < -0.3 is 25.0 Å². The van der Waals surface area contributed by atoms with Crippen molar-refractivity contribution < 1.29 is 9.47 Å². The summed E-state index contributed by atoms with van der Waals surface area (Å²) in [6, 6.07) is 6.29. The van der Waals surface area contributed by atoms with Crippen LogP contribution in [-0.4, -0.2) is 63.9 Å². The number of rotatable bonds is 11. The highest BCUT2D eigenvalue weighted by Gasteiger charge is 2.11. The molecular formula is C21H39IN4O2. The molecule has 0 amide bonds. The van der Waals surface area contributed by atoms with E-state index >= 15 is 0 Å². The first-order valence-corrected chi connectivity index (χ1v) is 9.82. The summed E-state index contributed by atoms with van der Waals surface area (Å²) in [6.45, 7) is 11.3. The summed E-state index contributed by atoms with van der Waals surface area (Å²) in [5.74, 6) is 1.69. The molecule has 6 nitrogen and oxygen atoms in total. The fourth-order valence-electron chi connectivity index (χ4n) is 2.66. The molecule has 0 aliphatic carbocycles. The van der Waals surface area contributed by atoms with Crippen LogP contribution in [0.1, 0.15) is 38.3 Å². The number of hydrogen-bond acceptors (Lipinski definition) is 4. The standard InChI is InChI=1S/C21H38N4O2.HI/c1-8-26-19(11-12-25(6)7)15-24-21(22-5)23-14-18-10-9-17(4)13-20(18)27-16(2)3;/h9-10,13,16,19H,8,11-12,14-15H2,1-7H3,(H2,22,23,24);1H. The van der Waals surface area contributed by atoms with Gasteiger partial charge in [0.25, 0.3) is 0 Å². The fraction of sp³-hybridized carbons (Fsp3) is 0.667. The molecule has 0 fully saturated rings. The van der Waals surface area contributed by atoms with E-state index in [9.17, 15) is 0 Å². The molecule has 7 heteroatoms. The Balaban J connectivity index is 0.00000729. The van der Waals surface area contributed by atoms with Crippen LogP contribution in [0.25, 0.3) is 0 Å². The van der Waals surface area contributed by atoms with E-state index in [4.69, 9.17) is 9.47 Å². The molecule has 0 aliphatic rings. The molecule has 1 rings (SSSR count). The number of halogens is 1. The van der Waals surface area contributed by atoms with Crippen LogP contribution in [0.15, 0.2) is 23.2 Å². The molecule has 162 valence electrons. The molecule has 0 spiro atoms. The van der Waals surface area contributed by atoms with Gasteiger partial charge in [0.1, 0.15) is 5.75 Å². The first-order chi connectivity index (χ1) is 12.8. The molecule has 0 heterocycles. The summed E-state index contributed by atoms with van der Waals surface area (Å²) in [7, 11) is 5.94. The average Bonchev–Trinajstić information content (AvgIpc) is 2.60. The Morgan fingerprint density at radius 3 is 2.50 bits per heavy atom. The zero-order valence-corrected chi connectivity index (χ0v) is 20.9.